The molecule has 3 aromatic rings. The van der Waals surface area contributed by atoms with E-state index in [9.17, 15) is 4.79 Å². The number of carbonyl (C=O) groups excluding carboxylic acids is 1. The number of hydrogen-bond donors (Lipinski definition) is 1. The van der Waals surface area contributed by atoms with E-state index in [0.29, 0.717) is 32.3 Å². The summed E-state index contributed by atoms with van der Waals surface area (Å²) in [5, 5.41) is 1.67. The van der Waals surface area contributed by atoms with Crippen LogP contribution >= 0.6 is 34.8 Å². The summed E-state index contributed by atoms with van der Waals surface area (Å²) < 4.78 is 0. The second kappa shape index (κ2) is 9.01. The number of amides is 1. The predicted octanol–water partition coefficient (Wildman–Crippen LogP) is 7.11. The van der Waals surface area contributed by atoms with Gasteiger partial charge in [0.15, 0.2) is 5.82 Å². The first-order valence-electron chi connectivity index (χ1n) is 10.0. The van der Waals surface area contributed by atoms with Gasteiger partial charge in [-0.25, -0.2) is 4.98 Å². The molecule has 156 valence electrons. The quantitative estimate of drug-likeness (QED) is 0.449. The Morgan fingerprint density at radius 3 is 2.33 bits per heavy atom. The molecule has 1 aromatic heterocycles. The Kier molecular flexibility index (Phi) is 6.37. The molecule has 30 heavy (non-hydrogen) atoms. The lowest BCUT2D eigenvalue weighted by Crippen LogP contribution is -2.38. The molecular weight excluding hydrogens is 441 g/mol. The molecule has 0 unspecified atom stereocenters. The van der Waals surface area contributed by atoms with Crippen LogP contribution in [0.4, 0.5) is 0 Å². The highest BCUT2D eigenvalue weighted by Gasteiger charge is 2.27. The number of aromatic nitrogens is 2. The molecule has 0 saturated heterocycles. The molecule has 1 aliphatic carbocycles. The molecule has 0 aliphatic heterocycles. The van der Waals surface area contributed by atoms with Gasteiger partial charge in [-0.1, -0.05) is 66.2 Å². The van der Waals surface area contributed by atoms with Crippen molar-refractivity contribution in [3.63, 3.8) is 0 Å². The summed E-state index contributed by atoms with van der Waals surface area (Å²) in [7, 11) is 1.86. The fraction of sp³-hybridized carbons (Fsp3) is 0.304. The van der Waals surface area contributed by atoms with Crippen LogP contribution in [0.15, 0.2) is 42.5 Å². The highest BCUT2D eigenvalue weighted by molar-refractivity contribution is 6.36. The summed E-state index contributed by atoms with van der Waals surface area (Å²) >= 11 is 18.6. The van der Waals surface area contributed by atoms with Gasteiger partial charge in [0.2, 0.25) is 0 Å². The van der Waals surface area contributed by atoms with Gasteiger partial charge in [-0.3, -0.25) is 4.79 Å². The topological polar surface area (TPSA) is 49.0 Å². The zero-order valence-corrected chi connectivity index (χ0v) is 18.9. The van der Waals surface area contributed by atoms with Crippen molar-refractivity contribution in [1.82, 2.24) is 14.9 Å². The van der Waals surface area contributed by atoms with Crippen LogP contribution in [-0.2, 0) is 0 Å². The zero-order valence-electron chi connectivity index (χ0n) is 16.6. The van der Waals surface area contributed by atoms with Crippen LogP contribution in [0, 0.1) is 0 Å². The van der Waals surface area contributed by atoms with Gasteiger partial charge in [-0.2, -0.15) is 0 Å². The van der Waals surface area contributed by atoms with Crippen molar-refractivity contribution in [2.45, 2.75) is 38.1 Å². The second-order valence-corrected chi connectivity index (χ2v) is 8.93. The Hall–Kier alpha value is -2.01. The molecule has 1 aliphatic rings. The minimum atomic E-state index is -0.117. The van der Waals surface area contributed by atoms with Crippen LogP contribution < -0.4 is 0 Å². The summed E-state index contributed by atoms with van der Waals surface area (Å²) in [5.74, 6) is 0.183. The molecule has 0 spiro atoms. The van der Waals surface area contributed by atoms with Gasteiger partial charge in [0.25, 0.3) is 5.91 Å². The molecule has 1 heterocycles. The van der Waals surface area contributed by atoms with Gasteiger partial charge in [-0.05, 0) is 43.2 Å². The van der Waals surface area contributed by atoms with Crippen molar-refractivity contribution in [3.8, 4) is 22.5 Å². The van der Waals surface area contributed by atoms with E-state index in [4.69, 9.17) is 34.8 Å². The SMILES string of the molecule is CN(C(=O)c1nc(-c2ccc(Cl)cc2)c(-c2ccc(Cl)cc2Cl)[nH]1)C1CCCCC1. The molecule has 4 nitrogen and oxygen atoms in total. The van der Waals surface area contributed by atoms with E-state index in [1.54, 1.807) is 24.3 Å². The average molecular weight is 463 g/mol. The smallest absolute Gasteiger partial charge is 0.289 e. The first kappa shape index (κ1) is 21.2. The highest BCUT2D eigenvalue weighted by atomic mass is 35.5. The van der Waals surface area contributed by atoms with Gasteiger partial charge in [-0.15, -0.1) is 0 Å². The molecule has 0 atom stereocenters. The van der Waals surface area contributed by atoms with Crippen LogP contribution in [-0.4, -0.2) is 33.9 Å². The third-order valence-electron chi connectivity index (χ3n) is 5.67. The van der Waals surface area contributed by atoms with Gasteiger partial charge >= 0.3 is 0 Å². The molecule has 7 heteroatoms. The molecule has 0 bridgehead atoms. The van der Waals surface area contributed by atoms with E-state index in [0.717, 1.165) is 36.8 Å². The number of nitrogens with zero attached hydrogens (tertiary/aromatic N) is 2. The molecule has 1 N–H and O–H groups in total. The molecule has 2 aromatic carbocycles. The Morgan fingerprint density at radius 1 is 1.00 bits per heavy atom. The van der Waals surface area contributed by atoms with E-state index in [2.05, 4.69) is 9.97 Å². The minimum Gasteiger partial charge on any atom is -0.336 e. The number of nitrogens with one attached hydrogen (secondary N) is 1. The largest absolute Gasteiger partial charge is 0.336 e. The molecule has 4 rings (SSSR count). The van der Waals surface area contributed by atoms with Crippen molar-refractivity contribution in [3.05, 3.63) is 63.4 Å². The van der Waals surface area contributed by atoms with Crippen LogP contribution in [0.5, 0.6) is 0 Å². The zero-order chi connectivity index (χ0) is 21.3. The number of H-pyrrole nitrogens is 1. The summed E-state index contributed by atoms with van der Waals surface area (Å²) in [4.78, 5) is 23.0. The number of benzene rings is 2. The highest BCUT2D eigenvalue weighted by Crippen LogP contribution is 2.36. The summed E-state index contributed by atoms with van der Waals surface area (Å²) in [6.45, 7) is 0. The van der Waals surface area contributed by atoms with E-state index in [1.165, 1.54) is 6.42 Å². The fourth-order valence-electron chi connectivity index (χ4n) is 3.98. The van der Waals surface area contributed by atoms with Crippen molar-refractivity contribution < 1.29 is 4.79 Å². The second-order valence-electron chi connectivity index (χ2n) is 7.65. The maximum Gasteiger partial charge on any atom is 0.289 e. The van der Waals surface area contributed by atoms with Gasteiger partial charge in [0, 0.05) is 34.3 Å². The maximum atomic E-state index is 13.2. The third-order valence-corrected chi connectivity index (χ3v) is 6.47. The van der Waals surface area contributed by atoms with Gasteiger partial charge in [0.05, 0.1) is 16.4 Å². The van der Waals surface area contributed by atoms with Crippen molar-refractivity contribution in [1.29, 1.82) is 0 Å². The number of rotatable bonds is 4. The predicted molar refractivity (Wildman–Crippen MR) is 123 cm³/mol. The first-order chi connectivity index (χ1) is 14.4. The molecule has 1 saturated carbocycles. The van der Waals surface area contributed by atoms with Crippen LogP contribution in [0.25, 0.3) is 22.5 Å². The number of carbonyl (C=O) groups is 1. The number of aromatic amines is 1. The Labute approximate surface area is 191 Å². The van der Waals surface area contributed by atoms with E-state index < -0.39 is 0 Å². The van der Waals surface area contributed by atoms with E-state index in [-0.39, 0.29) is 11.9 Å². The van der Waals surface area contributed by atoms with Crippen molar-refractivity contribution >= 4 is 40.7 Å². The van der Waals surface area contributed by atoms with Gasteiger partial charge in [0.1, 0.15) is 0 Å². The van der Waals surface area contributed by atoms with Gasteiger partial charge < -0.3 is 9.88 Å². The lowest BCUT2D eigenvalue weighted by Gasteiger charge is -2.30. The summed E-state index contributed by atoms with van der Waals surface area (Å²) in [6, 6.07) is 12.9. The number of halogens is 3. The monoisotopic (exact) mass is 461 g/mol. The van der Waals surface area contributed by atoms with Crippen LogP contribution in [0.2, 0.25) is 15.1 Å². The maximum absolute atomic E-state index is 13.2. The van der Waals surface area contributed by atoms with Crippen LogP contribution in [0.3, 0.4) is 0 Å². The number of hydrogen-bond acceptors (Lipinski definition) is 2. The molecular formula is C23H22Cl3N3O. The van der Waals surface area contributed by atoms with E-state index >= 15 is 0 Å². The fourth-order valence-corrected chi connectivity index (χ4v) is 4.61. The summed E-state index contributed by atoms with van der Waals surface area (Å²) in [5.41, 5.74) is 2.91. The lowest BCUT2D eigenvalue weighted by atomic mass is 9.94. The molecule has 1 fully saturated rings. The Bertz CT molecular complexity index is 1060. The average Bonchev–Trinajstić information content (AvgIpc) is 3.19. The Morgan fingerprint density at radius 2 is 1.67 bits per heavy atom. The minimum absolute atomic E-state index is 0.117. The molecule has 1 amide bonds. The Balaban J connectivity index is 1.77. The molecule has 0 radical (unpaired) electrons. The van der Waals surface area contributed by atoms with Crippen molar-refractivity contribution in [2.75, 3.05) is 7.05 Å². The normalized spacial score (nSPS) is 14.7. The van der Waals surface area contributed by atoms with Crippen molar-refractivity contribution in [2.24, 2.45) is 0 Å². The number of imidazole rings is 1. The standard InChI is InChI=1S/C23H22Cl3N3O/c1-29(17-5-3-2-4-6-17)23(30)22-27-20(14-7-9-15(24)10-8-14)21(28-22)18-12-11-16(25)13-19(18)26/h7-13,17H,2-6H2,1H3,(H,27,28). The van der Waals surface area contributed by atoms with E-state index in [1.807, 2.05) is 30.1 Å². The third kappa shape index (κ3) is 4.36. The lowest BCUT2D eigenvalue weighted by molar-refractivity contribution is 0.0685. The van der Waals surface area contributed by atoms with Crippen LogP contribution in [0.1, 0.15) is 42.7 Å². The first-order valence-corrected chi connectivity index (χ1v) is 11.2. The summed E-state index contributed by atoms with van der Waals surface area (Å²) in [6.07, 6.45) is 5.61.